The van der Waals surface area contributed by atoms with E-state index in [1.165, 1.54) is 12.4 Å². The average molecular weight is 314 g/mol. The fourth-order valence-electron chi connectivity index (χ4n) is 2.27. The van der Waals surface area contributed by atoms with Crippen LogP contribution in [-0.4, -0.2) is 49.3 Å². The van der Waals surface area contributed by atoms with Crippen LogP contribution >= 0.6 is 0 Å². The number of rotatable bonds is 4. The number of aromatic nitrogens is 2. The van der Waals surface area contributed by atoms with Gasteiger partial charge in [0, 0.05) is 37.2 Å². The molecule has 7 nitrogen and oxygen atoms in total. The second-order valence-corrected chi connectivity index (χ2v) is 5.06. The molecule has 120 valence electrons. The Morgan fingerprint density at radius 3 is 2.70 bits per heavy atom. The number of methoxy groups -OCH3 is 1. The molecule has 1 aromatic heterocycles. The quantitative estimate of drug-likeness (QED) is 0.923. The highest BCUT2D eigenvalue weighted by molar-refractivity contribution is 6.03. The van der Waals surface area contributed by atoms with Gasteiger partial charge in [-0.2, -0.15) is 0 Å². The Bertz CT molecular complexity index is 669. The third-order valence-electron chi connectivity index (χ3n) is 3.52. The highest BCUT2D eigenvalue weighted by atomic mass is 16.5. The van der Waals surface area contributed by atoms with Crippen molar-refractivity contribution in [2.24, 2.45) is 0 Å². The van der Waals surface area contributed by atoms with Gasteiger partial charge in [-0.1, -0.05) is 6.07 Å². The van der Waals surface area contributed by atoms with Crippen LogP contribution in [0.2, 0.25) is 0 Å². The van der Waals surface area contributed by atoms with Crippen LogP contribution in [0.1, 0.15) is 10.4 Å². The van der Waals surface area contributed by atoms with Gasteiger partial charge in [-0.25, -0.2) is 9.97 Å². The van der Waals surface area contributed by atoms with E-state index < -0.39 is 0 Å². The van der Waals surface area contributed by atoms with Crippen molar-refractivity contribution in [1.82, 2.24) is 9.97 Å². The van der Waals surface area contributed by atoms with Gasteiger partial charge in [0.1, 0.15) is 5.75 Å². The summed E-state index contributed by atoms with van der Waals surface area (Å²) >= 11 is 0. The standard InChI is InChI=1S/C16H18N4O3/c1-22-14-4-2-3-13(9-14)19-15(21)12-10-17-16(18-11-12)20-5-7-23-8-6-20/h2-4,9-11H,5-8H2,1H3,(H,19,21). The van der Waals surface area contributed by atoms with Gasteiger partial charge in [-0.05, 0) is 12.1 Å². The van der Waals surface area contributed by atoms with E-state index >= 15 is 0 Å². The molecule has 1 amide bonds. The molecular formula is C16H18N4O3. The van der Waals surface area contributed by atoms with Gasteiger partial charge in [0.05, 0.1) is 25.9 Å². The van der Waals surface area contributed by atoms with Gasteiger partial charge >= 0.3 is 0 Å². The maximum Gasteiger partial charge on any atom is 0.258 e. The molecule has 2 heterocycles. The van der Waals surface area contributed by atoms with Crippen molar-refractivity contribution >= 4 is 17.5 Å². The molecule has 7 heteroatoms. The fraction of sp³-hybridized carbons (Fsp3) is 0.312. The summed E-state index contributed by atoms with van der Waals surface area (Å²) in [6.45, 7) is 2.85. The number of ether oxygens (including phenoxy) is 2. The molecule has 1 N–H and O–H groups in total. The topological polar surface area (TPSA) is 76.6 Å². The predicted octanol–water partition coefficient (Wildman–Crippen LogP) is 1.57. The predicted molar refractivity (Wildman–Crippen MR) is 86.0 cm³/mol. The number of amides is 1. The number of nitrogens with one attached hydrogen (secondary N) is 1. The second-order valence-electron chi connectivity index (χ2n) is 5.06. The highest BCUT2D eigenvalue weighted by Crippen LogP contribution is 2.17. The zero-order valence-electron chi connectivity index (χ0n) is 12.9. The highest BCUT2D eigenvalue weighted by Gasteiger charge is 2.15. The number of carbonyl (C=O) groups excluding carboxylic acids is 1. The summed E-state index contributed by atoms with van der Waals surface area (Å²) in [7, 11) is 1.58. The monoisotopic (exact) mass is 314 g/mol. The van der Waals surface area contributed by atoms with E-state index in [9.17, 15) is 4.79 Å². The van der Waals surface area contributed by atoms with Crippen molar-refractivity contribution in [2.75, 3.05) is 43.6 Å². The molecule has 0 atom stereocenters. The minimum absolute atomic E-state index is 0.258. The number of hydrogen-bond acceptors (Lipinski definition) is 6. The molecule has 0 spiro atoms. The van der Waals surface area contributed by atoms with Gasteiger partial charge in [-0.15, -0.1) is 0 Å². The summed E-state index contributed by atoms with van der Waals surface area (Å²) in [6.07, 6.45) is 3.07. The van der Waals surface area contributed by atoms with E-state index in [1.54, 1.807) is 19.2 Å². The van der Waals surface area contributed by atoms with Crippen LogP contribution < -0.4 is 15.0 Å². The first-order chi connectivity index (χ1) is 11.3. The summed E-state index contributed by atoms with van der Waals surface area (Å²) in [5, 5.41) is 2.80. The van der Waals surface area contributed by atoms with Gasteiger partial charge in [0.15, 0.2) is 0 Å². The van der Waals surface area contributed by atoms with Gasteiger partial charge in [0.2, 0.25) is 5.95 Å². The Labute approximate surface area is 134 Å². The third kappa shape index (κ3) is 3.75. The van der Waals surface area contributed by atoms with Crippen molar-refractivity contribution < 1.29 is 14.3 Å². The summed E-state index contributed by atoms with van der Waals surface area (Å²) in [4.78, 5) is 22.8. The van der Waals surface area contributed by atoms with Gasteiger partial charge < -0.3 is 19.7 Å². The molecule has 2 aromatic rings. The number of anilines is 2. The lowest BCUT2D eigenvalue weighted by molar-refractivity contribution is 0.102. The van der Waals surface area contributed by atoms with E-state index in [0.29, 0.717) is 36.2 Å². The van der Waals surface area contributed by atoms with E-state index in [-0.39, 0.29) is 5.91 Å². The van der Waals surface area contributed by atoms with Gasteiger partial charge in [-0.3, -0.25) is 4.79 Å². The van der Waals surface area contributed by atoms with Gasteiger partial charge in [0.25, 0.3) is 5.91 Å². The molecule has 1 fully saturated rings. The molecule has 3 rings (SSSR count). The number of carbonyl (C=O) groups is 1. The van der Waals surface area contributed by atoms with Crippen molar-refractivity contribution in [2.45, 2.75) is 0 Å². The lowest BCUT2D eigenvalue weighted by atomic mass is 10.2. The van der Waals surface area contributed by atoms with Crippen LogP contribution in [0, 0.1) is 0 Å². The van der Waals surface area contributed by atoms with Crippen molar-refractivity contribution in [1.29, 1.82) is 0 Å². The zero-order chi connectivity index (χ0) is 16.1. The number of morpholine rings is 1. The summed E-state index contributed by atoms with van der Waals surface area (Å²) in [5.41, 5.74) is 1.07. The van der Waals surface area contributed by atoms with E-state index in [2.05, 4.69) is 15.3 Å². The largest absolute Gasteiger partial charge is 0.497 e. The van der Waals surface area contributed by atoms with Crippen LogP contribution in [0.15, 0.2) is 36.7 Å². The van der Waals surface area contributed by atoms with E-state index in [0.717, 1.165) is 13.1 Å². The summed E-state index contributed by atoms with van der Waals surface area (Å²) in [6, 6.07) is 7.17. The van der Waals surface area contributed by atoms with Crippen molar-refractivity contribution in [3.8, 4) is 5.75 Å². The lowest BCUT2D eigenvalue weighted by Gasteiger charge is -2.26. The maximum absolute atomic E-state index is 12.2. The Morgan fingerprint density at radius 2 is 2.00 bits per heavy atom. The summed E-state index contributed by atoms with van der Waals surface area (Å²) < 4.78 is 10.4. The number of benzene rings is 1. The smallest absolute Gasteiger partial charge is 0.258 e. The normalized spacial score (nSPS) is 14.4. The Hall–Kier alpha value is -2.67. The number of hydrogen-bond donors (Lipinski definition) is 1. The first kappa shape index (κ1) is 15.2. The molecule has 1 saturated heterocycles. The fourth-order valence-corrected chi connectivity index (χ4v) is 2.27. The van der Waals surface area contributed by atoms with Crippen LogP contribution in [0.25, 0.3) is 0 Å². The Balaban J connectivity index is 1.67. The van der Waals surface area contributed by atoms with Crippen LogP contribution in [0.3, 0.4) is 0 Å². The maximum atomic E-state index is 12.2. The molecule has 0 unspecified atom stereocenters. The van der Waals surface area contributed by atoms with Crippen LogP contribution in [0.5, 0.6) is 5.75 Å². The molecule has 23 heavy (non-hydrogen) atoms. The molecule has 1 aliphatic heterocycles. The lowest BCUT2D eigenvalue weighted by Crippen LogP contribution is -2.37. The molecular weight excluding hydrogens is 296 g/mol. The molecule has 1 aromatic carbocycles. The molecule has 0 radical (unpaired) electrons. The zero-order valence-corrected chi connectivity index (χ0v) is 12.9. The van der Waals surface area contributed by atoms with Crippen LogP contribution in [-0.2, 0) is 4.74 Å². The molecule has 0 saturated carbocycles. The third-order valence-corrected chi connectivity index (χ3v) is 3.52. The first-order valence-electron chi connectivity index (χ1n) is 7.36. The minimum Gasteiger partial charge on any atom is -0.497 e. The van der Waals surface area contributed by atoms with Crippen LogP contribution in [0.4, 0.5) is 11.6 Å². The second kappa shape index (κ2) is 7.06. The molecule has 0 bridgehead atoms. The minimum atomic E-state index is -0.258. The van der Waals surface area contributed by atoms with Crippen molar-refractivity contribution in [3.63, 3.8) is 0 Å². The number of nitrogens with zero attached hydrogens (tertiary/aromatic N) is 3. The van der Waals surface area contributed by atoms with Crippen molar-refractivity contribution in [3.05, 3.63) is 42.2 Å². The van der Waals surface area contributed by atoms with E-state index in [1.807, 2.05) is 17.0 Å². The molecule has 0 aliphatic carbocycles. The summed E-state index contributed by atoms with van der Waals surface area (Å²) in [5.74, 6) is 1.04. The Morgan fingerprint density at radius 1 is 1.26 bits per heavy atom. The average Bonchev–Trinajstić information content (AvgIpc) is 2.63. The first-order valence-corrected chi connectivity index (χ1v) is 7.36. The van der Waals surface area contributed by atoms with E-state index in [4.69, 9.17) is 9.47 Å². The molecule has 1 aliphatic rings. The SMILES string of the molecule is COc1cccc(NC(=O)c2cnc(N3CCOCC3)nc2)c1. The Kier molecular flexibility index (Phi) is 4.68.